The van der Waals surface area contributed by atoms with Crippen LogP contribution < -0.4 is 10.1 Å². The number of amides is 1. The van der Waals surface area contributed by atoms with Gasteiger partial charge in [-0.2, -0.15) is 16.8 Å². The number of phenols is 1. The van der Waals surface area contributed by atoms with E-state index in [2.05, 4.69) is 25.8 Å². The van der Waals surface area contributed by atoms with Gasteiger partial charge in [-0.3, -0.25) is 13.9 Å². The number of rotatable bonds is 8. The zero-order valence-electron chi connectivity index (χ0n) is 22.2. The molecule has 14 nitrogen and oxygen atoms in total. The monoisotopic (exact) mass is 613 g/mol. The third kappa shape index (κ3) is 6.58. The lowest BCUT2D eigenvalue weighted by atomic mass is 10.0. The van der Waals surface area contributed by atoms with Crippen LogP contribution in [0.15, 0.2) is 90.9 Å². The van der Waals surface area contributed by atoms with Gasteiger partial charge in [0.15, 0.2) is 5.75 Å². The number of phenolic OH excluding ortho intramolecular Hbond substituents is 1. The van der Waals surface area contributed by atoms with Crippen molar-refractivity contribution in [3.05, 3.63) is 66.2 Å². The number of benzene rings is 4. The van der Waals surface area contributed by atoms with E-state index in [0.29, 0.717) is 16.3 Å². The summed E-state index contributed by atoms with van der Waals surface area (Å²) in [4.78, 5) is 11.1. The molecule has 42 heavy (non-hydrogen) atoms. The molecule has 0 saturated heterocycles. The van der Waals surface area contributed by atoms with Crippen molar-refractivity contribution >= 4 is 65.4 Å². The van der Waals surface area contributed by atoms with E-state index in [1.54, 1.807) is 6.92 Å². The van der Waals surface area contributed by atoms with E-state index >= 15 is 0 Å². The number of hydrogen-bond donors (Lipinski definition) is 4. The maximum Gasteiger partial charge on any atom is 0.296 e. The van der Waals surface area contributed by atoms with E-state index < -0.39 is 31.0 Å². The molecule has 4 aromatic carbocycles. The second kappa shape index (κ2) is 11.6. The van der Waals surface area contributed by atoms with E-state index in [4.69, 9.17) is 4.74 Å². The minimum atomic E-state index is -4.58. The van der Waals surface area contributed by atoms with Crippen LogP contribution >= 0.6 is 0 Å². The lowest BCUT2D eigenvalue weighted by Crippen LogP contribution is -2.06. The molecule has 0 aromatic heterocycles. The molecule has 4 rings (SSSR count). The van der Waals surface area contributed by atoms with Gasteiger partial charge in [0.2, 0.25) is 5.91 Å². The summed E-state index contributed by atoms with van der Waals surface area (Å²) in [5.74, 6) is -0.636. The Labute approximate surface area is 239 Å². The van der Waals surface area contributed by atoms with Crippen molar-refractivity contribution < 1.29 is 40.6 Å². The normalized spacial score (nSPS) is 12.3. The molecule has 0 radical (unpaired) electrons. The molecule has 0 aliphatic carbocycles. The molecular weight excluding hydrogens is 590 g/mol. The highest BCUT2D eigenvalue weighted by Crippen LogP contribution is 2.42. The molecule has 0 aliphatic rings. The number of azo groups is 2. The summed E-state index contributed by atoms with van der Waals surface area (Å²) in [6.45, 7) is 2.81. The van der Waals surface area contributed by atoms with Crippen LogP contribution in [0.4, 0.5) is 28.4 Å². The second-order valence-electron chi connectivity index (χ2n) is 8.81. The molecule has 0 fully saturated rings. The first kappa shape index (κ1) is 30.2. The van der Waals surface area contributed by atoms with Gasteiger partial charge in [0.25, 0.3) is 20.2 Å². The number of anilines is 1. The Morgan fingerprint density at radius 3 is 2.10 bits per heavy atom. The van der Waals surface area contributed by atoms with Gasteiger partial charge in [-0.25, -0.2) is 0 Å². The van der Waals surface area contributed by atoms with Gasteiger partial charge in [-0.1, -0.05) is 18.2 Å². The third-order valence-corrected chi connectivity index (χ3v) is 7.55. The van der Waals surface area contributed by atoms with Gasteiger partial charge < -0.3 is 15.2 Å². The van der Waals surface area contributed by atoms with Gasteiger partial charge in [-0.15, -0.1) is 20.5 Å². The molecule has 0 spiro atoms. The van der Waals surface area contributed by atoms with Crippen molar-refractivity contribution in [3.8, 4) is 11.5 Å². The molecule has 0 saturated carbocycles. The highest BCUT2D eigenvalue weighted by Gasteiger charge is 2.18. The van der Waals surface area contributed by atoms with Crippen LogP contribution in [-0.2, 0) is 25.0 Å². The third-order valence-electron chi connectivity index (χ3n) is 5.82. The number of hydrogen-bond acceptors (Lipinski definition) is 11. The number of carbonyl (C=O) groups excluding carboxylic acids is 1. The standard InChI is InChI=1S/C26H23N5O9S2/c1-14-10-17(41(34,35)36)11-16-8-9-19(26(33)25(14)16)29-31-22-12-20(27-15(2)32)21(13-23(22)40-3)30-28-18-6-4-5-7-24(18)42(37,38)39/h4-13,33H,1-3H3,(H,27,32)(H,34,35,36)(H,37,38,39). The fraction of sp³-hybridized carbons (Fsp3) is 0.115. The number of fused-ring (bicyclic) bond motifs is 1. The maximum atomic E-state index is 11.9. The van der Waals surface area contributed by atoms with Crippen LogP contribution in [0.2, 0.25) is 0 Å². The summed E-state index contributed by atoms with van der Waals surface area (Å²) in [7, 11) is -7.70. The van der Waals surface area contributed by atoms with Crippen molar-refractivity contribution in [1.82, 2.24) is 0 Å². The Morgan fingerprint density at radius 1 is 0.810 bits per heavy atom. The van der Waals surface area contributed by atoms with Gasteiger partial charge in [0.05, 0.1) is 17.7 Å². The number of methoxy groups -OCH3 is 1. The van der Waals surface area contributed by atoms with Crippen molar-refractivity contribution in [2.45, 2.75) is 23.6 Å². The molecule has 4 aromatic rings. The number of aryl methyl sites for hydroxylation is 1. The summed E-state index contributed by atoms with van der Waals surface area (Å²) < 4.78 is 70.7. The zero-order chi connectivity index (χ0) is 30.8. The van der Waals surface area contributed by atoms with E-state index in [1.165, 1.54) is 68.6 Å². The number of carbonyl (C=O) groups is 1. The smallest absolute Gasteiger partial charge is 0.296 e. The summed E-state index contributed by atoms with van der Waals surface area (Å²) in [6, 6.07) is 13.4. The quantitative estimate of drug-likeness (QED) is 0.132. The van der Waals surface area contributed by atoms with Crippen molar-refractivity contribution in [2.24, 2.45) is 20.5 Å². The predicted octanol–water partition coefficient (Wildman–Crippen LogP) is 6.15. The maximum absolute atomic E-state index is 11.9. The highest BCUT2D eigenvalue weighted by atomic mass is 32.2. The predicted molar refractivity (Wildman–Crippen MR) is 152 cm³/mol. The second-order valence-corrected chi connectivity index (χ2v) is 11.6. The van der Waals surface area contributed by atoms with Gasteiger partial charge in [0, 0.05) is 18.4 Å². The SMILES string of the molecule is COc1cc(N=Nc2ccccc2S(=O)(=O)O)c(NC(C)=O)cc1N=Nc1ccc2cc(S(=O)(=O)O)cc(C)c2c1O. The number of nitrogens with zero attached hydrogens (tertiary/aromatic N) is 4. The van der Waals surface area contributed by atoms with Gasteiger partial charge in [0.1, 0.15) is 33.4 Å². The minimum absolute atomic E-state index is 0.0268. The summed E-state index contributed by atoms with van der Waals surface area (Å²) in [6.07, 6.45) is 0. The number of aromatic hydroxyl groups is 1. The topological polar surface area (TPSA) is 217 Å². The first-order chi connectivity index (χ1) is 19.7. The van der Waals surface area contributed by atoms with E-state index in [-0.39, 0.29) is 44.8 Å². The molecular formula is C26H23N5O9S2. The Kier molecular flexibility index (Phi) is 8.35. The average molecular weight is 614 g/mol. The lowest BCUT2D eigenvalue weighted by Gasteiger charge is -2.11. The molecule has 0 atom stereocenters. The number of ether oxygens (including phenoxy) is 1. The minimum Gasteiger partial charge on any atom is -0.505 e. The van der Waals surface area contributed by atoms with Crippen molar-refractivity contribution in [1.29, 1.82) is 0 Å². The van der Waals surface area contributed by atoms with Gasteiger partial charge >= 0.3 is 0 Å². The van der Waals surface area contributed by atoms with Crippen LogP contribution in [0.25, 0.3) is 10.8 Å². The van der Waals surface area contributed by atoms with E-state index in [0.717, 1.165) is 6.07 Å². The molecule has 0 aliphatic heterocycles. The Bertz CT molecular complexity index is 2010. The molecule has 0 heterocycles. The molecule has 0 bridgehead atoms. The fourth-order valence-electron chi connectivity index (χ4n) is 3.99. The molecule has 1 amide bonds. The average Bonchev–Trinajstić information content (AvgIpc) is 2.90. The largest absolute Gasteiger partial charge is 0.505 e. The van der Waals surface area contributed by atoms with Gasteiger partial charge in [-0.05, 0) is 54.3 Å². The molecule has 4 N–H and O–H groups in total. The molecule has 218 valence electrons. The fourth-order valence-corrected chi connectivity index (χ4v) is 5.21. The van der Waals surface area contributed by atoms with Crippen LogP contribution in [0.5, 0.6) is 11.5 Å². The summed E-state index contributed by atoms with van der Waals surface area (Å²) in [5.41, 5.74) is 0.523. The first-order valence-corrected chi connectivity index (χ1v) is 14.7. The van der Waals surface area contributed by atoms with Crippen molar-refractivity contribution in [3.63, 3.8) is 0 Å². The van der Waals surface area contributed by atoms with Crippen LogP contribution in [0.3, 0.4) is 0 Å². The zero-order valence-corrected chi connectivity index (χ0v) is 23.8. The first-order valence-electron chi connectivity index (χ1n) is 11.8. The Hall–Kier alpha value is -4.77. The Morgan fingerprint density at radius 2 is 1.45 bits per heavy atom. The van der Waals surface area contributed by atoms with Crippen molar-refractivity contribution in [2.75, 3.05) is 12.4 Å². The Balaban J connectivity index is 1.78. The van der Waals surface area contributed by atoms with Crippen LogP contribution in [0.1, 0.15) is 12.5 Å². The van der Waals surface area contributed by atoms with Crippen LogP contribution in [0, 0.1) is 6.92 Å². The lowest BCUT2D eigenvalue weighted by molar-refractivity contribution is -0.114. The number of nitrogens with one attached hydrogen (secondary N) is 1. The molecule has 16 heteroatoms. The van der Waals surface area contributed by atoms with Crippen LogP contribution in [-0.4, -0.2) is 44.1 Å². The van der Waals surface area contributed by atoms with E-state index in [1.807, 2.05) is 0 Å². The highest BCUT2D eigenvalue weighted by molar-refractivity contribution is 7.86. The molecule has 0 unspecified atom stereocenters. The van der Waals surface area contributed by atoms with E-state index in [9.17, 15) is 35.8 Å². The summed E-state index contributed by atoms with van der Waals surface area (Å²) in [5, 5.41) is 30.3. The summed E-state index contributed by atoms with van der Waals surface area (Å²) >= 11 is 0.